The number of hydrogen-bond donors (Lipinski definition) is 0. The third kappa shape index (κ3) is 4.06. The molecule has 2 rings (SSSR count). The van der Waals surface area contributed by atoms with Crippen LogP contribution in [0.2, 0.25) is 0 Å². The van der Waals surface area contributed by atoms with E-state index in [1.54, 1.807) is 31.3 Å². The van der Waals surface area contributed by atoms with Crippen molar-refractivity contribution in [2.24, 2.45) is 0 Å². The lowest BCUT2D eigenvalue weighted by molar-refractivity contribution is 0.242. The van der Waals surface area contributed by atoms with E-state index in [9.17, 15) is 8.42 Å². The number of aryl methyl sites for hydroxylation is 1. The molecule has 0 spiro atoms. The summed E-state index contributed by atoms with van der Waals surface area (Å²) in [5.41, 5.74) is 0.758. The third-order valence-electron chi connectivity index (χ3n) is 2.95. The monoisotopic (exact) mass is 340 g/mol. The molecule has 0 aliphatic carbocycles. The van der Waals surface area contributed by atoms with E-state index in [0.29, 0.717) is 5.75 Å². The highest BCUT2D eigenvalue weighted by atomic mass is 32.2. The lowest BCUT2D eigenvalue weighted by atomic mass is 10.3. The molecule has 2 aromatic rings. The standard InChI is InChI=1S/C15H20N2O3S2/c1-11(2)20-14-5-7-15(8-6-14)22(18,19)17(4)9-13-10-21-12(3)16-13/h5-8,10-11H,9H2,1-4H3. The maximum absolute atomic E-state index is 12.5. The van der Waals surface area contributed by atoms with Crippen molar-refractivity contribution in [1.29, 1.82) is 0 Å². The maximum atomic E-state index is 12.5. The van der Waals surface area contributed by atoms with Gasteiger partial charge in [-0.25, -0.2) is 13.4 Å². The molecule has 120 valence electrons. The van der Waals surface area contributed by atoms with Crippen molar-refractivity contribution in [3.8, 4) is 5.75 Å². The van der Waals surface area contributed by atoms with Crippen LogP contribution in [0.25, 0.3) is 0 Å². The van der Waals surface area contributed by atoms with Crippen LogP contribution in [0, 0.1) is 6.92 Å². The van der Waals surface area contributed by atoms with Gasteiger partial charge in [0.1, 0.15) is 5.75 Å². The second kappa shape index (κ2) is 6.76. The van der Waals surface area contributed by atoms with E-state index >= 15 is 0 Å². The van der Waals surface area contributed by atoms with E-state index in [4.69, 9.17) is 4.74 Å². The number of hydrogen-bond acceptors (Lipinski definition) is 5. The van der Waals surface area contributed by atoms with E-state index in [1.165, 1.54) is 15.6 Å². The average Bonchev–Trinajstić information content (AvgIpc) is 2.84. The predicted octanol–water partition coefficient (Wildman–Crippen LogP) is 3.06. The highest BCUT2D eigenvalue weighted by Crippen LogP contribution is 2.21. The molecule has 0 aliphatic rings. The van der Waals surface area contributed by atoms with E-state index in [0.717, 1.165) is 10.7 Å². The largest absolute Gasteiger partial charge is 0.491 e. The zero-order chi connectivity index (χ0) is 16.3. The molecule has 0 saturated carbocycles. The second-order valence-electron chi connectivity index (χ2n) is 5.26. The number of rotatable bonds is 6. The fourth-order valence-corrected chi connectivity index (χ4v) is 3.68. The quantitative estimate of drug-likeness (QED) is 0.811. The summed E-state index contributed by atoms with van der Waals surface area (Å²) in [5.74, 6) is 0.659. The molecule has 7 heteroatoms. The minimum Gasteiger partial charge on any atom is -0.491 e. The Hall–Kier alpha value is -1.44. The number of benzene rings is 1. The molecule has 1 aromatic heterocycles. The minimum atomic E-state index is -3.53. The van der Waals surface area contributed by atoms with Gasteiger partial charge >= 0.3 is 0 Å². The SMILES string of the molecule is Cc1nc(CN(C)S(=O)(=O)c2ccc(OC(C)C)cc2)cs1. The van der Waals surface area contributed by atoms with Gasteiger partial charge in [0.2, 0.25) is 10.0 Å². The summed E-state index contributed by atoms with van der Waals surface area (Å²) in [6.07, 6.45) is 0.0537. The smallest absolute Gasteiger partial charge is 0.243 e. The Kier molecular flexibility index (Phi) is 5.20. The Morgan fingerprint density at radius 1 is 1.27 bits per heavy atom. The van der Waals surface area contributed by atoms with E-state index in [-0.39, 0.29) is 17.5 Å². The molecule has 0 radical (unpaired) electrons. The van der Waals surface area contributed by atoms with Crippen LogP contribution in [0.3, 0.4) is 0 Å². The van der Waals surface area contributed by atoms with Gasteiger partial charge in [-0.3, -0.25) is 0 Å². The van der Waals surface area contributed by atoms with Crippen LogP contribution in [-0.2, 0) is 16.6 Å². The summed E-state index contributed by atoms with van der Waals surface area (Å²) in [4.78, 5) is 4.55. The summed E-state index contributed by atoms with van der Waals surface area (Å²) >= 11 is 1.51. The van der Waals surface area contributed by atoms with Crippen molar-refractivity contribution in [3.05, 3.63) is 40.3 Å². The number of ether oxygens (including phenoxy) is 1. The van der Waals surface area contributed by atoms with E-state index in [1.807, 2.05) is 26.2 Å². The van der Waals surface area contributed by atoms with Crippen LogP contribution in [0.1, 0.15) is 24.5 Å². The van der Waals surface area contributed by atoms with E-state index in [2.05, 4.69) is 4.98 Å². The molecule has 22 heavy (non-hydrogen) atoms. The normalized spacial score (nSPS) is 12.1. The highest BCUT2D eigenvalue weighted by molar-refractivity contribution is 7.89. The zero-order valence-corrected chi connectivity index (χ0v) is 14.7. The van der Waals surface area contributed by atoms with Crippen molar-refractivity contribution < 1.29 is 13.2 Å². The lowest BCUT2D eigenvalue weighted by Crippen LogP contribution is -2.26. The first-order chi connectivity index (χ1) is 10.3. The number of sulfonamides is 1. The van der Waals surface area contributed by atoms with Crippen LogP contribution in [0.5, 0.6) is 5.75 Å². The summed E-state index contributed by atoms with van der Waals surface area (Å²) in [6.45, 7) is 6.01. The van der Waals surface area contributed by atoms with Gasteiger partial charge in [0, 0.05) is 12.4 Å². The number of nitrogens with zero attached hydrogens (tertiary/aromatic N) is 2. The van der Waals surface area contributed by atoms with Crippen molar-refractivity contribution >= 4 is 21.4 Å². The second-order valence-corrected chi connectivity index (χ2v) is 8.36. The molecule has 0 N–H and O–H groups in total. The van der Waals surface area contributed by atoms with Gasteiger partial charge in [0.25, 0.3) is 0 Å². The summed E-state index contributed by atoms with van der Waals surface area (Å²) in [6, 6.07) is 6.48. The number of thiazole rings is 1. The van der Waals surface area contributed by atoms with Crippen LogP contribution < -0.4 is 4.74 Å². The first-order valence-corrected chi connectivity index (χ1v) is 9.25. The van der Waals surface area contributed by atoms with E-state index < -0.39 is 10.0 Å². The van der Waals surface area contributed by atoms with Gasteiger partial charge in [-0.2, -0.15) is 4.31 Å². The molecular formula is C15H20N2O3S2. The fraction of sp³-hybridized carbons (Fsp3) is 0.400. The number of aromatic nitrogens is 1. The molecule has 0 aliphatic heterocycles. The highest BCUT2D eigenvalue weighted by Gasteiger charge is 2.21. The average molecular weight is 340 g/mol. The molecule has 0 atom stereocenters. The lowest BCUT2D eigenvalue weighted by Gasteiger charge is -2.16. The first-order valence-electron chi connectivity index (χ1n) is 6.93. The van der Waals surface area contributed by atoms with Crippen molar-refractivity contribution in [1.82, 2.24) is 9.29 Å². The Bertz CT molecular complexity index is 722. The molecule has 0 amide bonds. The molecule has 0 bridgehead atoms. The van der Waals surface area contributed by atoms with Crippen LogP contribution in [0.15, 0.2) is 34.5 Å². The maximum Gasteiger partial charge on any atom is 0.243 e. The summed E-state index contributed by atoms with van der Waals surface area (Å²) in [7, 11) is -1.97. The van der Waals surface area contributed by atoms with Gasteiger partial charge in [0.05, 0.1) is 28.2 Å². The molecule has 0 saturated heterocycles. The Morgan fingerprint density at radius 2 is 1.91 bits per heavy atom. The Balaban J connectivity index is 2.14. The van der Waals surface area contributed by atoms with Gasteiger partial charge in [0.15, 0.2) is 0 Å². The van der Waals surface area contributed by atoms with Crippen LogP contribution >= 0.6 is 11.3 Å². The van der Waals surface area contributed by atoms with Gasteiger partial charge < -0.3 is 4.74 Å². The van der Waals surface area contributed by atoms with Crippen molar-refractivity contribution in [3.63, 3.8) is 0 Å². The molecule has 0 unspecified atom stereocenters. The Morgan fingerprint density at radius 3 is 2.41 bits per heavy atom. The van der Waals surface area contributed by atoms with Crippen LogP contribution in [-0.4, -0.2) is 30.9 Å². The van der Waals surface area contributed by atoms with Crippen LogP contribution in [0.4, 0.5) is 0 Å². The van der Waals surface area contributed by atoms with Gasteiger partial charge in [-0.05, 0) is 45.0 Å². The van der Waals surface area contributed by atoms with Gasteiger partial charge in [-0.1, -0.05) is 0 Å². The predicted molar refractivity (Wildman–Crippen MR) is 87.7 cm³/mol. The third-order valence-corrected chi connectivity index (χ3v) is 5.59. The molecule has 1 aromatic carbocycles. The zero-order valence-electron chi connectivity index (χ0n) is 13.1. The fourth-order valence-electron chi connectivity index (χ4n) is 1.94. The molecule has 1 heterocycles. The summed E-state index contributed by atoms with van der Waals surface area (Å²) < 4.78 is 31.9. The minimum absolute atomic E-state index is 0.0537. The van der Waals surface area contributed by atoms with Crippen molar-refractivity contribution in [2.45, 2.75) is 38.3 Å². The topological polar surface area (TPSA) is 59.5 Å². The molecule has 0 fully saturated rings. The molecule has 5 nitrogen and oxygen atoms in total. The Labute approximate surface area is 135 Å². The van der Waals surface area contributed by atoms with Crippen molar-refractivity contribution in [2.75, 3.05) is 7.05 Å². The first kappa shape index (κ1) is 16.9. The summed E-state index contributed by atoms with van der Waals surface area (Å²) in [5, 5.41) is 2.80. The van der Waals surface area contributed by atoms with Gasteiger partial charge in [-0.15, -0.1) is 11.3 Å². The molecular weight excluding hydrogens is 320 g/mol.